The molecule has 2 rings (SSSR count). The molecule has 0 bridgehead atoms. The first-order chi connectivity index (χ1) is 15.7. The van der Waals surface area contributed by atoms with E-state index in [1.54, 1.807) is 56.3 Å². The molecule has 0 radical (unpaired) electrons. The van der Waals surface area contributed by atoms with Gasteiger partial charge in [-0.15, -0.1) is 0 Å². The Kier molecular flexibility index (Phi) is 9.31. The van der Waals surface area contributed by atoms with Crippen molar-refractivity contribution in [2.75, 3.05) is 18.4 Å². The quantitative estimate of drug-likeness (QED) is 0.426. The lowest BCUT2D eigenvalue weighted by molar-refractivity contribution is -0.149. The van der Waals surface area contributed by atoms with Crippen molar-refractivity contribution in [3.8, 4) is 0 Å². The summed E-state index contributed by atoms with van der Waals surface area (Å²) in [5.74, 6) is -1.57. The maximum atomic E-state index is 12.5. The molecule has 0 aromatic heterocycles. The molecule has 0 saturated heterocycles. The Morgan fingerprint density at radius 1 is 1.00 bits per heavy atom. The molecule has 0 aliphatic heterocycles. The van der Waals surface area contributed by atoms with Gasteiger partial charge in [0.25, 0.3) is 5.91 Å². The van der Waals surface area contributed by atoms with Crippen molar-refractivity contribution in [1.29, 1.82) is 0 Å². The second kappa shape index (κ2) is 11.9. The Labute approximate surface area is 193 Å². The summed E-state index contributed by atoms with van der Waals surface area (Å²) in [6.07, 6.45) is 1.34. The summed E-state index contributed by atoms with van der Waals surface area (Å²) in [5.41, 5.74) is 1.08. The van der Waals surface area contributed by atoms with E-state index in [1.165, 1.54) is 29.4 Å². The third kappa shape index (κ3) is 7.55. The van der Waals surface area contributed by atoms with Gasteiger partial charge in [0, 0.05) is 24.9 Å². The fourth-order valence-electron chi connectivity index (χ4n) is 2.79. The first kappa shape index (κ1) is 25.8. The molecule has 33 heavy (non-hydrogen) atoms. The van der Waals surface area contributed by atoms with Crippen LogP contribution in [0.1, 0.15) is 26.3 Å². The van der Waals surface area contributed by atoms with E-state index in [-0.39, 0.29) is 4.90 Å². The zero-order valence-electron chi connectivity index (χ0n) is 18.6. The minimum absolute atomic E-state index is 0.157. The molecule has 2 aromatic carbocycles. The second-order valence-corrected chi connectivity index (χ2v) is 8.82. The molecule has 0 saturated carbocycles. The second-order valence-electron chi connectivity index (χ2n) is 6.88. The maximum absolute atomic E-state index is 12.5. The van der Waals surface area contributed by atoms with Gasteiger partial charge in [-0.25, -0.2) is 18.0 Å². The number of anilines is 1. The number of nitrogens with one attached hydrogen (secondary N) is 2. The van der Waals surface area contributed by atoms with Gasteiger partial charge in [-0.1, -0.05) is 44.2 Å². The van der Waals surface area contributed by atoms with Gasteiger partial charge in [-0.2, -0.15) is 4.31 Å². The number of hydrogen-bond acceptors (Lipinski definition) is 6. The lowest BCUT2D eigenvalue weighted by atomic mass is 10.2. The number of imide groups is 1. The van der Waals surface area contributed by atoms with Gasteiger partial charge in [0.2, 0.25) is 10.0 Å². The number of amides is 3. The molecule has 9 nitrogen and oxygen atoms in total. The third-order valence-electron chi connectivity index (χ3n) is 4.57. The van der Waals surface area contributed by atoms with E-state index < -0.39 is 34.0 Å². The molecule has 176 valence electrons. The average Bonchev–Trinajstić information content (AvgIpc) is 2.79. The summed E-state index contributed by atoms with van der Waals surface area (Å²) in [6, 6.07) is 13.8. The Balaban J connectivity index is 1.89. The Morgan fingerprint density at radius 2 is 1.61 bits per heavy atom. The zero-order chi connectivity index (χ0) is 24.4. The van der Waals surface area contributed by atoms with Gasteiger partial charge in [-0.05, 0) is 42.8 Å². The topological polar surface area (TPSA) is 122 Å². The number of hydrogen-bond donors (Lipinski definition) is 2. The highest BCUT2D eigenvalue weighted by Crippen LogP contribution is 2.17. The predicted molar refractivity (Wildman–Crippen MR) is 125 cm³/mol. The molecule has 3 amide bonds. The van der Waals surface area contributed by atoms with Crippen LogP contribution in [0.4, 0.5) is 10.5 Å². The molecule has 2 N–H and O–H groups in total. The van der Waals surface area contributed by atoms with Gasteiger partial charge in [0.15, 0.2) is 6.10 Å². The van der Waals surface area contributed by atoms with Crippen LogP contribution >= 0.6 is 0 Å². The lowest BCUT2D eigenvalue weighted by Crippen LogP contribution is -2.41. The smallest absolute Gasteiger partial charge is 0.331 e. The Morgan fingerprint density at radius 3 is 2.18 bits per heavy atom. The first-order valence-corrected chi connectivity index (χ1v) is 11.8. The number of urea groups is 1. The molecular formula is C23H27N3O6S. The lowest BCUT2D eigenvalue weighted by Gasteiger charge is -2.18. The molecule has 0 aliphatic carbocycles. The van der Waals surface area contributed by atoms with E-state index in [4.69, 9.17) is 4.74 Å². The number of nitrogens with zero attached hydrogens (tertiary/aromatic N) is 1. The number of ether oxygens (including phenoxy) is 1. The molecule has 10 heteroatoms. The van der Waals surface area contributed by atoms with Crippen LogP contribution in [0.25, 0.3) is 6.08 Å². The molecule has 2 aromatic rings. The number of sulfonamides is 1. The molecule has 0 fully saturated rings. The van der Waals surface area contributed by atoms with Crippen LogP contribution in [0.2, 0.25) is 0 Å². The van der Waals surface area contributed by atoms with Crippen LogP contribution in [0, 0.1) is 0 Å². The number of benzene rings is 2. The number of esters is 1. The summed E-state index contributed by atoms with van der Waals surface area (Å²) in [7, 11) is -3.56. The first-order valence-electron chi connectivity index (χ1n) is 10.3. The van der Waals surface area contributed by atoms with E-state index >= 15 is 0 Å². The average molecular weight is 474 g/mol. The Bertz CT molecular complexity index is 1090. The standard InChI is InChI=1S/C23H27N3O6S/c1-4-26(5-2)33(30,31)20-14-11-18(12-15-20)13-16-21(27)32-17(3)22(28)25-23(29)24-19-9-7-6-8-10-19/h6-17H,4-5H2,1-3H3,(H2,24,25,28,29)/b16-13+. The number of rotatable bonds is 9. The highest BCUT2D eigenvalue weighted by Gasteiger charge is 2.21. The molecular weight excluding hydrogens is 446 g/mol. The van der Waals surface area contributed by atoms with Crippen molar-refractivity contribution in [3.63, 3.8) is 0 Å². The van der Waals surface area contributed by atoms with Gasteiger partial charge < -0.3 is 10.1 Å². The van der Waals surface area contributed by atoms with Crippen LogP contribution < -0.4 is 10.6 Å². The largest absolute Gasteiger partial charge is 0.449 e. The summed E-state index contributed by atoms with van der Waals surface area (Å²) < 4.78 is 31.4. The van der Waals surface area contributed by atoms with Crippen molar-refractivity contribution in [2.45, 2.75) is 31.8 Å². The highest BCUT2D eigenvalue weighted by atomic mass is 32.2. The van der Waals surface area contributed by atoms with Crippen molar-refractivity contribution in [3.05, 3.63) is 66.2 Å². The van der Waals surface area contributed by atoms with Crippen LogP contribution in [-0.4, -0.2) is 49.8 Å². The normalized spacial score (nSPS) is 12.4. The monoisotopic (exact) mass is 473 g/mol. The number of carbonyl (C=O) groups is 3. The minimum atomic E-state index is -3.56. The zero-order valence-corrected chi connectivity index (χ0v) is 19.5. The van der Waals surface area contributed by atoms with E-state index in [0.717, 1.165) is 6.08 Å². The maximum Gasteiger partial charge on any atom is 0.331 e. The van der Waals surface area contributed by atoms with Crippen molar-refractivity contribution >= 4 is 39.7 Å². The molecule has 0 aliphatic rings. The van der Waals surface area contributed by atoms with E-state index in [0.29, 0.717) is 24.3 Å². The van der Waals surface area contributed by atoms with Crippen molar-refractivity contribution in [2.24, 2.45) is 0 Å². The predicted octanol–water partition coefficient (Wildman–Crippen LogP) is 3.01. The van der Waals surface area contributed by atoms with Crippen LogP contribution in [0.5, 0.6) is 0 Å². The van der Waals surface area contributed by atoms with E-state index in [9.17, 15) is 22.8 Å². The minimum Gasteiger partial charge on any atom is -0.449 e. The highest BCUT2D eigenvalue weighted by molar-refractivity contribution is 7.89. The number of para-hydroxylation sites is 1. The van der Waals surface area contributed by atoms with Crippen molar-refractivity contribution < 1.29 is 27.5 Å². The fraction of sp³-hybridized carbons (Fsp3) is 0.261. The van der Waals surface area contributed by atoms with Gasteiger partial charge in [0.05, 0.1) is 4.90 Å². The molecule has 1 atom stereocenters. The summed E-state index contributed by atoms with van der Waals surface area (Å²) in [6.45, 7) is 5.60. The van der Waals surface area contributed by atoms with Gasteiger partial charge in [0.1, 0.15) is 0 Å². The van der Waals surface area contributed by atoms with Gasteiger partial charge >= 0.3 is 12.0 Å². The van der Waals surface area contributed by atoms with E-state index in [2.05, 4.69) is 10.6 Å². The van der Waals surface area contributed by atoms with Crippen LogP contribution in [-0.2, 0) is 24.3 Å². The SMILES string of the molecule is CCN(CC)S(=O)(=O)c1ccc(/C=C/C(=O)OC(C)C(=O)NC(=O)Nc2ccccc2)cc1. The fourth-order valence-corrected chi connectivity index (χ4v) is 4.25. The van der Waals surface area contributed by atoms with Gasteiger partial charge in [-0.3, -0.25) is 10.1 Å². The van der Waals surface area contributed by atoms with Crippen molar-refractivity contribution in [1.82, 2.24) is 9.62 Å². The summed E-state index contributed by atoms with van der Waals surface area (Å²) >= 11 is 0. The summed E-state index contributed by atoms with van der Waals surface area (Å²) in [5, 5.41) is 4.58. The third-order valence-corrected chi connectivity index (χ3v) is 6.63. The van der Waals surface area contributed by atoms with E-state index in [1.807, 2.05) is 0 Å². The Hall–Kier alpha value is -3.50. The van der Waals surface area contributed by atoms with Crippen LogP contribution in [0.3, 0.4) is 0 Å². The molecule has 0 heterocycles. The number of carbonyl (C=O) groups excluding carboxylic acids is 3. The summed E-state index contributed by atoms with van der Waals surface area (Å²) in [4.78, 5) is 36.1. The molecule has 0 spiro atoms. The molecule has 1 unspecified atom stereocenters. The van der Waals surface area contributed by atoms with Crippen LogP contribution in [0.15, 0.2) is 65.6 Å².